The second kappa shape index (κ2) is 7.90. The predicted molar refractivity (Wildman–Crippen MR) is 79.5 cm³/mol. The minimum atomic E-state index is -0.183. The van der Waals surface area contributed by atoms with Gasteiger partial charge in [0.25, 0.3) is 5.91 Å². The molecule has 1 unspecified atom stereocenters. The van der Waals surface area contributed by atoms with Gasteiger partial charge in [-0.15, -0.1) is 0 Å². The Hall–Kier alpha value is -1.55. The monoisotopic (exact) mass is 297 g/mol. The fourth-order valence-corrected chi connectivity index (χ4v) is 2.04. The van der Waals surface area contributed by atoms with Crippen LogP contribution in [0.2, 0.25) is 5.02 Å². The molecule has 4 nitrogen and oxygen atoms in total. The zero-order chi connectivity index (χ0) is 15.1. The third-order valence-electron chi connectivity index (χ3n) is 2.83. The van der Waals surface area contributed by atoms with E-state index >= 15 is 0 Å². The lowest BCUT2D eigenvalue weighted by Crippen LogP contribution is -2.35. The molecule has 0 fully saturated rings. The predicted octanol–water partition coefficient (Wildman–Crippen LogP) is 3.23. The van der Waals surface area contributed by atoms with Crippen molar-refractivity contribution in [3.63, 3.8) is 0 Å². The molecule has 1 atom stereocenters. The average molecular weight is 298 g/mol. The van der Waals surface area contributed by atoms with Crippen LogP contribution in [0.5, 0.6) is 5.75 Å². The molecule has 0 spiro atoms. The number of carbonyl (C=O) groups is 2. The molecular weight excluding hydrogens is 278 g/mol. The number of hydrogen-bond donors (Lipinski definition) is 1. The molecule has 1 rings (SSSR count). The smallest absolute Gasteiger partial charge is 0.258 e. The SMILES string of the molecule is CCCC(C)NC(=O)COc1ccc(C(C)=O)cc1Cl. The van der Waals surface area contributed by atoms with Crippen LogP contribution < -0.4 is 10.1 Å². The number of carbonyl (C=O) groups excluding carboxylic acids is 2. The summed E-state index contributed by atoms with van der Waals surface area (Å²) >= 11 is 6.00. The van der Waals surface area contributed by atoms with Crippen LogP contribution >= 0.6 is 11.6 Å². The highest BCUT2D eigenvalue weighted by Crippen LogP contribution is 2.25. The molecule has 5 heteroatoms. The van der Waals surface area contributed by atoms with Crippen molar-refractivity contribution in [1.29, 1.82) is 0 Å². The number of ketones is 1. The van der Waals surface area contributed by atoms with Crippen molar-refractivity contribution in [3.05, 3.63) is 28.8 Å². The van der Waals surface area contributed by atoms with Crippen LogP contribution in [0.3, 0.4) is 0 Å². The Labute approximate surface area is 124 Å². The summed E-state index contributed by atoms with van der Waals surface area (Å²) < 4.78 is 5.36. The summed E-state index contributed by atoms with van der Waals surface area (Å²) in [5, 5.41) is 3.17. The third kappa shape index (κ3) is 5.21. The van der Waals surface area contributed by atoms with Gasteiger partial charge in [-0.3, -0.25) is 9.59 Å². The number of amides is 1. The van der Waals surface area contributed by atoms with E-state index in [1.807, 2.05) is 6.92 Å². The van der Waals surface area contributed by atoms with Crippen LogP contribution in [0.25, 0.3) is 0 Å². The minimum Gasteiger partial charge on any atom is -0.482 e. The van der Waals surface area contributed by atoms with Gasteiger partial charge >= 0.3 is 0 Å². The first kappa shape index (κ1) is 16.5. The van der Waals surface area contributed by atoms with E-state index in [0.717, 1.165) is 12.8 Å². The molecule has 0 radical (unpaired) electrons. The van der Waals surface area contributed by atoms with E-state index in [1.165, 1.54) is 13.0 Å². The van der Waals surface area contributed by atoms with Gasteiger partial charge in [-0.05, 0) is 38.5 Å². The van der Waals surface area contributed by atoms with Gasteiger partial charge in [0.2, 0.25) is 0 Å². The first-order chi connectivity index (χ1) is 9.43. The standard InChI is InChI=1S/C15H20ClNO3/c1-4-5-10(2)17-15(19)9-20-14-7-6-12(11(3)18)8-13(14)16/h6-8,10H,4-5,9H2,1-3H3,(H,17,19). The van der Waals surface area contributed by atoms with Crippen molar-refractivity contribution in [1.82, 2.24) is 5.32 Å². The van der Waals surface area contributed by atoms with E-state index in [-0.39, 0.29) is 24.3 Å². The summed E-state index contributed by atoms with van der Waals surface area (Å²) in [7, 11) is 0. The topological polar surface area (TPSA) is 55.4 Å². The van der Waals surface area contributed by atoms with Crippen LogP contribution in [-0.4, -0.2) is 24.3 Å². The summed E-state index contributed by atoms with van der Waals surface area (Å²) in [6.45, 7) is 5.40. The second-order valence-electron chi connectivity index (χ2n) is 4.75. The van der Waals surface area contributed by atoms with Crippen molar-refractivity contribution in [3.8, 4) is 5.75 Å². The summed E-state index contributed by atoms with van der Waals surface area (Å²) in [6, 6.07) is 4.89. The van der Waals surface area contributed by atoms with E-state index in [4.69, 9.17) is 16.3 Å². The van der Waals surface area contributed by atoms with Crippen LogP contribution in [0.15, 0.2) is 18.2 Å². The highest BCUT2D eigenvalue weighted by molar-refractivity contribution is 6.32. The fraction of sp³-hybridized carbons (Fsp3) is 0.467. The summed E-state index contributed by atoms with van der Waals surface area (Å²) in [6.07, 6.45) is 1.94. The van der Waals surface area contributed by atoms with Crippen molar-refractivity contribution >= 4 is 23.3 Å². The van der Waals surface area contributed by atoms with E-state index in [2.05, 4.69) is 12.2 Å². The molecule has 0 saturated carbocycles. The Balaban J connectivity index is 2.53. The van der Waals surface area contributed by atoms with E-state index in [1.54, 1.807) is 12.1 Å². The molecule has 0 bridgehead atoms. The van der Waals surface area contributed by atoms with Gasteiger partial charge in [-0.2, -0.15) is 0 Å². The first-order valence-corrected chi connectivity index (χ1v) is 7.04. The lowest BCUT2D eigenvalue weighted by Gasteiger charge is -2.13. The third-order valence-corrected chi connectivity index (χ3v) is 3.12. The molecule has 0 saturated heterocycles. The van der Waals surface area contributed by atoms with Gasteiger partial charge in [0.05, 0.1) is 5.02 Å². The van der Waals surface area contributed by atoms with Gasteiger partial charge in [0, 0.05) is 11.6 Å². The zero-order valence-electron chi connectivity index (χ0n) is 12.0. The van der Waals surface area contributed by atoms with Gasteiger partial charge in [-0.25, -0.2) is 0 Å². The second-order valence-corrected chi connectivity index (χ2v) is 5.15. The first-order valence-electron chi connectivity index (χ1n) is 6.66. The summed E-state index contributed by atoms with van der Waals surface area (Å²) in [4.78, 5) is 22.8. The summed E-state index contributed by atoms with van der Waals surface area (Å²) in [5.41, 5.74) is 0.517. The molecule has 20 heavy (non-hydrogen) atoms. The van der Waals surface area contributed by atoms with Gasteiger partial charge in [-0.1, -0.05) is 24.9 Å². The average Bonchev–Trinajstić information content (AvgIpc) is 2.37. The van der Waals surface area contributed by atoms with Crippen LogP contribution in [0, 0.1) is 0 Å². The van der Waals surface area contributed by atoms with Gasteiger partial charge in [0.1, 0.15) is 5.75 Å². The Kier molecular flexibility index (Phi) is 6.52. The highest BCUT2D eigenvalue weighted by Gasteiger charge is 2.10. The van der Waals surface area contributed by atoms with E-state index in [0.29, 0.717) is 16.3 Å². The summed E-state index contributed by atoms with van der Waals surface area (Å²) in [5.74, 6) is 0.150. The Morgan fingerprint density at radius 1 is 1.40 bits per heavy atom. The van der Waals surface area contributed by atoms with E-state index < -0.39 is 0 Å². The number of rotatable bonds is 7. The maximum atomic E-state index is 11.7. The van der Waals surface area contributed by atoms with E-state index in [9.17, 15) is 9.59 Å². The van der Waals surface area contributed by atoms with Gasteiger partial charge in [0.15, 0.2) is 12.4 Å². The maximum absolute atomic E-state index is 11.7. The Bertz CT molecular complexity index is 488. The normalized spacial score (nSPS) is 11.8. The molecule has 0 aliphatic carbocycles. The Morgan fingerprint density at radius 3 is 2.65 bits per heavy atom. The van der Waals surface area contributed by atoms with Crippen LogP contribution in [0.4, 0.5) is 0 Å². The van der Waals surface area contributed by atoms with Crippen molar-refractivity contribution in [2.24, 2.45) is 0 Å². The van der Waals surface area contributed by atoms with Crippen LogP contribution in [0.1, 0.15) is 44.0 Å². The van der Waals surface area contributed by atoms with Crippen molar-refractivity contribution in [2.75, 3.05) is 6.61 Å². The molecule has 0 aliphatic rings. The molecule has 0 aromatic heterocycles. The number of halogens is 1. The molecule has 1 aromatic carbocycles. The molecule has 1 amide bonds. The lowest BCUT2D eigenvalue weighted by atomic mass is 10.1. The molecule has 0 heterocycles. The number of nitrogens with one attached hydrogen (secondary N) is 1. The highest BCUT2D eigenvalue weighted by atomic mass is 35.5. The zero-order valence-corrected chi connectivity index (χ0v) is 12.8. The molecule has 0 aliphatic heterocycles. The molecule has 110 valence electrons. The Morgan fingerprint density at radius 2 is 2.10 bits per heavy atom. The number of hydrogen-bond acceptors (Lipinski definition) is 3. The lowest BCUT2D eigenvalue weighted by molar-refractivity contribution is -0.123. The van der Waals surface area contributed by atoms with Crippen molar-refractivity contribution < 1.29 is 14.3 Å². The number of benzene rings is 1. The largest absolute Gasteiger partial charge is 0.482 e. The molecule has 1 N–H and O–H groups in total. The van der Waals surface area contributed by atoms with Crippen molar-refractivity contribution in [2.45, 2.75) is 39.7 Å². The quantitative estimate of drug-likeness (QED) is 0.786. The minimum absolute atomic E-state index is 0.0652. The maximum Gasteiger partial charge on any atom is 0.258 e. The van der Waals surface area contributed by atoms with Gasteiger partial charge < -0.3 is 10.1 Å². The number of ether oxygens (including phenoxy) is 1. The molecular formula is C15H20ClNO3. The number of Topliss-reactive ketones (excluding diaryl/α,β-unsaturated/α-hetero) is 1. The fourth-order valence-electron chi connectivity index (χ4n) is 1.80. The molecule has 1 aromatic rings. The van der Waals surface area contributed by atoms with Crippen LogP contribution in [-0.2, 0) is 4.79 Å².